The van der Waals surface area contributed by atoms with Gasteiger partial charge in [-0.3, -0.25) is 9.59 Å². The topological polar surface area (TPSA) is 75.7 Å². The summed E-state index contributed by atoms with van der Waals surface area (Å²) >= 11 is 0. The van der Waals surface area contributed by atoms with Crippen molar-refractivity contribution in [2.45, 2.75) is 26.3 Å². The molecule has 0 atom stereocenters. The van der Waals surface area contributed by atoms with Gasteiger partial charge in [-0.15, -0.1) is 0 Å². The molecule has 0 bridgehead atoms. The molecule has 0 saturated carbocycles. The first-order valence-corrected chi connectivity index (χ1v) is 11.1. The number of carbonyl (C=O) groups is 3. The molecule has 0 unspecified atom stereocenters. The molecule has 1 heterocycles. The van der Waals surface area contributed by atoms with Crippen molar-refractivity contribution in [2.75, 3.05) is 18.5 Å². The lowest BCUT2D eigenvalue weighted by Crippen LogP contribution is -2.23. The molecule has 4 rings (SSSR count). The molecule has 6 heteroatoms. The number of nitrogens with one attached hydrogen (secondary N) is 1. The average molecular weight is 443 g/mol. The van der Waals surface area contributed by atoms with Crippen LogP contribution in [0.25, 0.3) is 11.1 Å². The summed E-state index contributed by atoms with van der Waals surface area (Å²) in [5.41, 5.74) is 3.96. The van der Waals surface area contributed by atoms with Gasteiger partial charge in [0.05, 0.1) is 17.9 Å². The highest BCUT2D eigenvalue weighted by molar-refractivity contribution is 6.08. The zero-order valence-corrected chi connectivity index (χ0v) is 18.5. The Morgan fingerprint density at radius 1 is 0.970 bits per heavy atom. The van der Waals surface area contributed by atoms with Gasteiger partial charge in [0.1, 0.15) is 0 Å². The van der Waals surface area contributed by atoms with Crippen molar-refractivity contribution in [3.05, 3.63) is 89.5 Å². The Morgan fingerprint density at radius 3 is 2.39 bits per heavy atom. The molecule has 0 aromatic heterocycles. The third kappa shape index (κ3) is 5.29. The zero-order valence-electron chi connectivity index (χ0n) is 18.5. The monoisotopic (exact) mass is 442 g/mol. The fourth-order valence-corrected chi connectivity index (χ4v) is 3.89. The Balaban J connectivity index is 1.52. The molecule has 6 nitrogen and oxygen atoms in total. The summed E-state index contributed by atoms with van der Waals surface area (Å²) in [7, 11) is 0. The summed E-state index contributed by atoms with van der Waals surface area (Å²) in [5.74, 6) is -0.643. The molecule has 3 aromatic rings. The Morgan fingerprint density at radius 2 is 1.73 bits per heavy atom. The van der Waals surface area contributed by atoms with Crippen LogP contribution in [-0.4, -0.2) is 35.8 Å². The smallest absolute Gasteiger partial charge is 0.340 e. The number of anilines is 1. The van der Waals surface area contributed by atoms with E-state index in [1.165, 1.54) is 0 Å². The van der Waals surface area contributed by atoms with E-state index < -0.39 is 5.97 Å². The van der Waals surface area contributed by atoms with E-state index in [0.29, 0.717) is 29.8 Å². The molecular weight excluding hydrogens is 416 g/mol. The first kappa shape index (κ1) is 22.3. The molecule has 3 aromatic carbocycles. The minimum Gasteiger partial charge on any atom is -0.462 e. The van der Waals surface area contributed by atoms with E-state index in [4.69, 9.17) is 4.74 Å². The summed E-state index contributed by atoms with van der Waals surface area (Å²) in [6.07, 6.45) is 1.50. The maximum absolute atomic E-state index is 12.9. The molecule has 1 aliphatic rings. The Bertz CT molecular complexity index is 1160. The van der Waals surface area contributed by atoms with Crippen LogP contribution in [0, 0.1) is 0 Å². The molecule has 0 spiro atoms. The maximum atomic E-state index is 12.9. The standard InChI is InChI=1S/C27H26N2O4/c1-2-33-27(32)23-17-22(20-7-4-3-5-8-20)14-15-24(23)28-26(31)21-12-10-19(11-13-21)18-29-16-6-9-25(29)30/h3-5,7-8,10-15,17H,2,6,9,16,18H2,1H3,(H,28,31). The average Bonchev–Trinajstić information content (AvgIpc) is 3.24. The first-order chi connectivity index (χ1) is 16.0. The number of carbonyl (C=O) groups excluding carboxylic acids is 3. The second-order valence-corrected chi connectivity index (χ2v) is 7.92. The highest BCUT2D eigenvalue weighted by atomic mass is 16.5. The van der Waals surface area contributed by atoms with E-state index in [-0.39, 0.29) is 18.4 Å². The minimum atomic E-state index is -0.490. The van der Waals surface area contributed by atoms with Gasteiger partial charge in [0.15, 0.2) is 0 Å². The molecule has 33 heavy (non-hydrogen) atoms. The normalized spacial score (nSPS) is 13.1. The third-order valence-electron chi connectivity index (χ3n) is 5.63. The molecule has 0 radical (unpaired) electrons. The van der Waals surface area contributed by atoms with E-state index >= 15 is 0 Å². The van der Waals surface area contributed by atoms with Crippen LogP contribution < -0.4 is 5.32 Å². The van der Waals surface area contributed by atoms with E-state index in [1.807, 2.05) is 53.4 Å². The number of esters is 1. The molecular formula is C27H26N2O4. The number of nitrogens with zero attached hydrogens (tertiary/aromatic N) is 1. The van der Waals surface area contributed by atoms with Crippen LogP contribution in [0.1, 0.15) is 46.0 Å². The van der Waals surface area contributed by atoms with Crippen molar-refractivity contribution < 1.29 is 19.1 Å². The Kier molecular flexibility index (Phi) is 6.83. The molecule has 168 valence electrons. The summed E-state index contributed by atoms with van der Waals surface area (Å²) in [5, 5.41) is 2.84. The molecule has 2 amide bonds. The summed E-state index contributed by atoms with van der Waals surface area (Å²) < 4.78 is 5.21. The number of rotatable bonds is 7. The van der Waals surface area contributed by atoms with Crippen molar-refractivity contribution >= 4 is 23.5 Å². The Hall–Kier alpha value is -3.93. The van der Waals surface area contributed by atoms with E-state index in [0.717, 1.165) is 29.7 Å². The summed E-state index contributed by atoms with van der Waals surface area (Å²) in [6, 6.07) is 22.2. The molecule has 0 aliphatic carbocycles. The van der Waals surface area contributed by atoms with Crippen molar-refractivity contribution in [1.82, 2.24) is 4.90 Å². The minimum absolute atomic E-state index is 0.169. The SMILES string of the molecule is CCOC(=O)c1cc(-c2ccccc2)ccc1NC(=O)c1ccc(CN2CCCC2=O)cc1. The van der Waals surface area contributed by atoms with Gasteiger partial charge >= 0.3 is 5.97 Å². The highest BCUT2D eigenvalue weighted by Gasteiger charge is 2.20. The van der Waals surface area contributed by atoms with Crippen LogP contribution in [-0.2, 0) is 16.1 Å². The fraction of sp³-hybridized carbons (Fsp3) is 0.222. The van der Waals surface area contributed by atoms with Crippen LogP contribution in [0.5, 0.6) is 0 Å². The summed E-state index contributed by atoms with van der Waals surface area (Å²) in [4.78, 5) is 39.1. The van der Waals surface area contributed by atoms with Gasteiger partial charge in [-0.1, -0.05) is 48.5 Å². The van der Waals surface area contributed by atoms with Crippen LogP contribution in [0.15, 0.2) is 72.8 Å². The number of ether oxygens (including phenoxy) is 1. The van der Waals surface area contributed by atoms with Crippen molar-refractivity contribution in [3.63, 3.8) is 0 Å². The maximum Gasteiger partial charge on any atom is 0.340 e. The van der Waals surface area contributed by atoms with Crippen LogP contribution in [0.4, 0.5) is 5.69 Å². The zero-order chi connectivity index (χ0) is 23.2. The number of amides is 2. The number of likely N-dealkylation sites (tertiary alicyclic amines) is 1. The number of hydrogen-bond acceptors (Lipinski definition) is 4. The fourth-order valence-electron chi connectivity index (χ4n) is 3.89. The van der Waals surface area contributed by atoms with Gasteiger partial charge in [-0.05, 0) is 54.3 Å². The van der Waals surface area contributed by atoms with E-state index in [9.17, 15) is 14.4 Å². The number of hydrogen-bond donors (Lipinski definition) is 1. The molecule has 1 saturated heterocycles. The second-order valence-electron chi connectivity index (χ2n) is 7.92. The van der Waals surface area contributed by atoms with Gasteiger partial charge in [0, 0.05) is 25.1 Å². The van der Waals surface area contributed by atoms with E-state index in [2.05, 4.69) is 5.32 Å². The van der Waals surface area contributed by atoms with Gasteiger partial charge in [0.25, 0.3) is 5.91 Å². The predicted molar refractivity (Wildman–Crippen MR) is 127 cm³/mol. The largest absolute Gasteiger partial charge is 0.462 e. The van der Waals surface area contributed by atoms with Gasteiger partial charge < -0.3 is 15.0 Å². The van der Waals surface area contributed by atoms with Crippen LogP contribution >= 0.6 is 0 Å². The molecule has 1 fully saturated rings. The lowest BCUT2D eigenvalue weighted by molar-refractivity contribution is -0.128. The lowest BCUT2D eigenvalue weighted by Gasteiger charge is -2.16. The van der Waals surface area contributed by atoms with Gasteiger partial charge in [-0.2, -0.15) is 0 Å². The van der Waals surface area contributed by atoms with E-state index in [1.54, 1.807) is 31.2 Å². The molecule has 1 N–H and O–H groups in total. The Labute approximate surface area is 193 Å². The highest BCUT2D eigenvalue weighted by Crippen LogP contribution is 2.26. The lowest BCUT2D eigenvalue weighted by atomic mass is 10.0. The van der Waals surface area contributed by atoms with Crippen molar-refractivity contribution in [3.8, 4) is 11.1 Å². The summed E-state index contributed by atoms with van der Waals surface area (Å²) in [6.45, 7) is 3.31. The van der Waals surface area contributed by atoms with Crippen LogP contribution in [0.3, 0.4) is 0 Å². The van der Waals surface area contributed by atoms with Gasteiger partial charge in [-0.25, -0.2) is 4.79 Å². The van der Waals surface area contributed by atoms with Crippen LogP contribution in [0.2, 0.25) is 0 Å². The number of benzene rings is 3. The molecule has 1 aliphatic heterocycles. The van der Waals surface area contributed by atoms with Gasteiger partial charge in [0.2, 0.25) is 5.91 Å². The third-order valence-corrected chi connectivity index (χ3v) is 5.63. The predicted octanol–water partition coefficient (Wildman–Crippen LogP) is 4.91. The van der Waals surface area contributed by atoms with Crippen molar-refractivity contribution in [1.29, 1.82) is 0 Å². The second kappa shape index (κ2) is 10.1. The first-order valence-electron chi connectivity index (χ1n) is 11.1. The van der Waals surface area contributed by atoms with Crippen molar-refractivity contribution in [2.24, 2.45) is 0 Å². The quantitative estimate of drug-likeness (QED) is 0.528.